The van der Waals surface area contributed by atoms with E-state index in [1.165, 1.54) is 6.21 Å². The van der Waals surface area contributed by atoms with E-state index in [-0.39, 0.29) is 13.3 Å². The van der Waals surface area contributed by atoms with E-state index < -0.39 is 11.8 Å². The molecule has 1 heterocycles. The van der Waals surface area contributed by atoms with Crippen LogP contribution in [0.15, 0.2) is 70.2 Å². The lowest BCUT2D eigenvalue weighted by Gasteiger charge is -2.12. The summed E-state index contributed by atoms with van der Waals surface area (Å²) in [5, 5.41) is 6.50. The Balaban J connectivity index is 1.28. The van der Waals surface area contributed by atoms with Crippen LogP contribution in [0.2, 0.25) is 0 Å². The standard InChI is InChI=1S/C26H24BrN3O6/c1-2-33-23-11-18(5-9-21(23)34-15-17-3-7-20(27)8-4-17)13-29-30-25(31)14-28-26(32)19-6-10-22-24(12-19)36-16-35-22/h3-13H,2,14-16H2,1H3,(H,28,32)(H,30,31). The molecular formula is C26H24BrN3O6. The molecule has 0 aliphatic carbocycles. The summed E-state index contributed by atoms with van der Waals surface area (Å²) < 4.78 is 23.1. The minimum absolute atomic E-state index is 0.120. The lowest BCUT2D eigenvalue weighted by atomic mass is 10.2. The van der Waals surface area contributed by atoms with Gasteiger partial charge in [-0.25, -0.2) is 5.43 Å². The maximum Gasteiger partial charge on any atom is 0.259 e. The first-order valence-corrected chi connectivity index (χ1v) is 11.9. The molecule has 9 nitrogen and oxygen atoms in total. The number of fused-ring (bicyclic) bond motifs is 1. The highest BCUT2D eigenvalue weighted by atomic mass is 79.9. The number of amides is 2. The van der Waals surface area contributed by atoms with E-state index in [0.717, 1.165) is 10.0 Å². The quantitative estimate of drug-likeness (QED) is 0.290. The van der Waals surface area contributed by atoms with Gasteiger partial charge in [-0.05, 0) is 66.6 Å². The molecule has 0 bridgehead atoms. The number of hydrazone groups is 1. The summed E-state index contributed by atoms with van der Waals surface area (Å²) in [6.07, 6.45) is 1.48. The van der Waals surface area contributed by atoms with Crippen LogP contribution in [-0.4, -0.2) is 38.0 Å². The highest BCUT2D eigenvalue weighted by molar-refractivity contribution is 9.10. The van der Waals surface area contributed by atoms with Crippen LogP contribution in [0, 0.1) is 0 Å². The number of hydrogen-bond acceptors (Lipinski definition) is 7. The van der Waals surface area contributed by atoms with Gasteiger partial charge in [0, 0.05) is 10.0 Å². The Bertz CT molecular complexity index is 1260. The Kier molecular flexibility index (Phi) is 8.40. The molecule has 0 atom stereocenters. The van der Waals surface area contributed by atoms with Crippen molar-refractivity contribution in [2.24, 2.45) is 5.10 Å². The summed E-state index contributed by atoms with van der Waals surface area (Å²) in [7, 11) is 0. The molecule has 0 fully saturated rings. The van der Waals surface area contributed by atoms with Gasteiger partial charge in [0.25, 0.3) is 11.8 Å². The lowest BCUT2D eigenvalue weighted by Crippen LogP contribution is -2.34. The zero-order valence-electron chi connectivity index (χ0n) is 19.5. The molecule has 186 valence electrons. The fourth-order valence-electron chi connectivity index (χ4n) is 3.25. The Hall–Kier alpha value is -4.05. The number of nitrogens with one attached hydrogen (secondary N) is 2. The Morgan fingerprint density at radius 1 is 1.00 bits per heavy atom. The zero-order valence-corrected chi connectivity index (χ0v) is 21.0. The van der Waals surface area contributed by atoms with E-state index in [1.807, 2.05) is 31.2 Å². The Labute approximate surface area is 216 Å². The third-order valence-electron chi connectivity index (χ3n) is 5.02. The number of carbonyl (C=O) groups is 2. The number of ether oxygens (including phenoxy) is 4. The molecule has 2 amide bonds. The van der Waals surface area contributed by atoms with Crippen LogP contribution >= 0.6 is 15.9 Å². The van der Waals surface area contributed by atoms with Crippen molar-refractivity contribution in [3.05, 3.63) is 81.8 Å². The van der Waals surface area contributed by atoms with E-state index in [9.17, 15) is 9.59 Å². The van der Waals surface area contributed by atoms with E-state index in [1.54, 1.807) is 36.4 Å². The van der Waals surface area contributed by atoms with Crippen LogP contribution in [0.3, 0.4) is 0 Å². The molecule has 0 spiro atoms. The average Bonchev–Trinajstić information content (AvgIpc) is 3.36. The molecule has 10 heteroatoms. The van der Waals surface area contributed by atoms with Crippen molar-refractivity contribution < 1.29 is 28.5 Å². The maximum atomic E-state index is 12.3. The van der Waals surface area contributed by atoms with Crippen molar-refractivity contribution in [1.82, 2.24) is 10.7 Å². The van der Waals surface area contributed by atoms with Gasteiger partial charge in [-0.3, -0.25) is 9.59 Å². The summed E-state index contributed by atoms with van der Waals surface area (Å²) in [5.74, 6) is 1.36. The van der Waals surface area contributed by atoms with E-state index in [0.29, 0.717) is 47.3 Å². The van der Waals surface area contributed by atoms with E-state index in [2.05, 4.69) is 31.8 Å². The first-order chi connectivity index (χ1) is 17.5. The van der Waals surface area contributed by atoms with Crippen LogP contribution in [0.25, 0.3) is 0 Å². The normalized spacial score (nSPS) is 11.8. The van der Waals surface area contributed by atoms with Gasteiger partial charge in [0.15, 0.2) is 23.0 Å². The summed E-state index contributed by atoms with van der Waals surface area (Å²) in [4.78, 5) is 24.4. The van der Waals surface area contributed by atoms with Gasteiger partial charge >= 0.3 is 0 Å². The van der Waals surface area contributed by atoms with Crippen LogP contribution < -0.4 is 29.7 Å². The highest BCUT2D eigenvalue weighted by Gasteiger charge is 2.16. The first kappa shape index (κ1) is 25.1. The Morgan fingerprint density at radius 2 is 1.81 bits per heavy atom. The van der Waals surface area contributed by atoms with Gasteiger partial charge in [0.1, 0.15) is 6.61 Å². The molecule has 0 aromatic heterocycles. The van der Waals surface area contributed by atoms with Crippen LogP contribution in [0.4, 0.5) is 0 Å². The number of hydrogen-bond donors (Lipinski definition) is 2. The average molecular weight is 554 g/mol. The predicted octanol–water partition coefficient (Wildman–Crippen LogP) is 4.04. The number of benzene rings is 3. The fraction of sp³-hybridized carbons (Fsp3) is 0.192. The minimum Gasteiger partial charge on any atom is -0.490 e. The molecule has 0 unspecified atom stereocenters. The van der Waals surface area contributed by atoms with E-state index in [4.69, 9.17) is 18.9 Å². The SMILES string of the molecule is CCOc1cc(C=NNC(=O)CNC(=O)c2ccc3c(c2)OCO3)ccc1OCc1ccc(Br)cc1. The fourth-order valence-corrected chi connectivity index (χ4v) is 3.52. The maximum absolute atomic E-state index is 12.3. The second-order valence-electron chi connectivity index (χ2n) is 7.60. The minimum atomic E-state index is -0.472. The molecule has 1 aliphatic rings. The van der Waals surface area contributed by atoms with Gasteiger partial charge in [-0.1, -0.05) is 28.1 Å². The van der Waals surface area contributed by atoms with Gasteiger partial charge in [0.2, 0.25) is 6.79 Å². The molecule has 0 saturated carbocycles. The number of nitrogens with zero attached hydrogens (tertiary/aromatic N) is 1. The van der Waals surface area contributed by atoms with Crippen LogP contribution in [-0.2, 0) is 11.4 Å². The largest absolute Gasteiger partial charge is 0.490 e. The number of halogens is 1. The predicted molar refractivity (Wildman–Crippen MR) is 137 cm³/mol. The van der Waals surface area contributed by atoms with Crippen LogP contribution in [0.5, 0.6) is 23.0 Å². The second-order valence-corrected chi connectivity index (χ2v) is 8.51. The van der Waals surface area contributed by atoms with Crippen molar-refractivity contribution in [3.63, 3.8) is 0 Å². The molecule has 0 saturated heterocycles. The third-order valence-corrected chi connectivity index (χ3v) is 5.55. The van der Waals surface area contributed by atoms with Crippen molar-refractivity contribution in [2.45, 2.75) is 13.5 Å². The molecule has 0 radical (unpaired) electrons. The summed E-state index contributed by atoms with van der Waals surface area (Å²) in [6, 6.07) is 18.0. The Morgan fingerprint density at radius 3 is 2.61 bits per heavy atom. The number of carbonyl (C=O) groups excluding carboxylic acids is 2. The second kappa shape index (κ2) is 12.1. The van der Waals surface area contributed by atoms with Crippen molar-refractivity contribution in [3.8, 4) is 23.0 Å². The molecule has 4 rings (SSSR count). The van der Waals surface area contributed by atoms with Crippen molar-refractivity contribution in [2.75, 3.05) is 19.9 Å². The molecule has 36 heavy (non-hydrogen) atoms. The van der Waals surface area contributed by atoms with Gasteiger partial charge in [-0.15, -0.1) is 0 Å². The molecule has 3 aromatic rings. The lowest BCUT2D eigenvalue weighted by molar-refractivity contribution is -0.120. The van der Waals surface area contributed by atoms with E-state index >= 15 is 0 Å². The van der Waals surface area contributed by atoms with Gasteiger partial charge < -0.3 is 24.3 Å². The van der Waals surface area contributed by atoms with Gasteiger partial charge in [-0.2, -0.15) is 5.10 Å². The molecular weight excluding hydrogens is 530 g/mol. The molecule has 2 N–H and O–H groups in total. The van der Waals surface area contributed by atoms with Crippen LogP contribution in [0.1, 0.15) is 28.4 Å². The van der Waals surface area contributed by atoms with Crippen molar-refractivity contribution in [1.29, 1.82) is 0 Å². The summed E-state index contributed by atoms with van der Waals surface area (Å²) in [6.45, 7) is 2.63. The highest BCUT2D eigenvalue weighted by Crippen LogP contribution is 2.32. The first-order valence-electron chi connectivity index (χ1n) is 11.2. The summed E-state index contributed by atoms with van der Waals surface area (Å²) >= 11 is 3.42. The zero-order chi connectivity index (χ0) is 25.3. The monoisotopic (exact) mass is 553 g/mol. The van der Waals surface area contributed by atoms with Gasteiger partial charge in [0.05, 0.1) is 19.4 Å². The molecule has 1 aliphatic heterocycles. The smallest absolute Gasteiger partial charge is 0.259 e. The molecule has 3 aromatic carbocycles. The summed E-state index contributed by atoms with van der Waals surface area (Å²) in [5.41, 5.74) is 4.49. The third kappa shape index (κ3) is 6.76. The number of rotatable bonds is 10. The topological polar surface area (TPSA) is 107 Å². The van der Waals surface area contributed by atoms with Crippen molar-refractivity contribution >= 4 is 34.0 Å².